The summed E-state index contributed by atoms with van der Waals surface area (Å²) in [6.45, 7) is -0.0603. The van der Waals surface area contributed by atoms with E-state index in [1.54, 1.807) is 41.1 Å². The molecule has 0 unspecified atom stereocenters. The van der Waals surface area contributed by atoms with Crippen molar-refractivity contribution in [2.24, 2.45) is 4.99 Å². The molecular weight excluding hydrogens is 444 g/mol. The van der Waals surface area contributed by atoms with Crippen LogP contribution in [0.4, 0.5) is 5.69 Å². The summed E-state index contributed by atoms with van der Waals surface area (Å²) < 4.78 is 18.9. The molecule has 5 rings (SSSR count). The lowest BCUT2D eigenvalue weighted by molar-refractivity contribution is -0.384. The maximum atomic E-state index is 12.3. The predicted molar refractivity (Wildman–Crippen MR) is 115 cm³/mol. The van der Waals surface area contributed by atoms with Gasteiger partial charge < -0.3 is 14.2 Å². The first kappa shape index (κ1) is 21.5. The third kappa shape index (κ3) is 4.28. The fourth-order valence-corrected chi connectivity index (χ4v) is 3.76. The van der Waals surface area contributed by atoms with Crippen LogP contribution in [0, 0.1) is 10.1 Å². The second-order valence-corrected chi connectivity index (χ2v) is 7.68. The van der Waals surface area contributed by atoms with Crippen LogP contribution in [0.25, 0.3) is 0 Å². The topological polar surface area (TPSA) is 135 Å². The SMILES string of the molecule is O=C(N=c1ccn2c(n1)O[C@@H]1C[C@H]2O[C@@H]1COC(=O)c1ccc([N+](=O)[O-])cc1)c1ccccc1. The van der Waals surface area contributed by atoms with Gasteiger partial charge in [-0.2, -0.15) is 9.98 Å². The van der Waals surface area contributed by atoms with Crippen molar-refractivity contribution >= 4 is 17.6 Å². The summed E-state index contributed by atoms with van der Waals surface area (Å²) >= 11 is 0. The lowest BCUT2D eigenvalue weighted by Crippen LogP contribution is -2.34. The highest BCUT2D eigenvalue weighted by molar-refractivity contribution is 5.94. The summed E-state index contributed by atoms with van der Waals surface area (Å²) in [6.07, 6.45) is 0.940. The number of benzene rings is 2. The van der Waals surface area contributed by atoms with Crippen molar-refractivity contribution in [1.29, 1.82) is 0 Å². The van der Waals surface area contributed by atoms with Crippen LogP contribution in [0.2, 0.25) is 0 Å². The van der Waals surface area contributed by atoms with Crippen molar-refractivity contribution in [2.75, 3.05) is 6.61 Å². The predicted octanol–water partition coefficient (Wildman–Crippen LogP) is 2.44. The molecule has 1 aromatic heterocycles. The van der Waals surface area contributed by atoms with Gasteiger partial charge in [-0.05, 0) is 30.3 Å². The minimum Gasteiger partial charge on any atom is -0.459 e. The molecule has 2 aromatic carbocycles. The Labute approximate surface area is 192 Å². The van der Waals surface area contributed by atoms with Gasteiger partial charge in [0.05, 0.1) is 10.5 Å². The molecule has 0 aliphatic carbocycles. The van der Waals surface area contributed by atoms with Crippen LogP contribution in [0.3, 0.4) is 0 Å². The van der Waals surface area contributed by atoms with Crippen LogP contribution >= 0.6 is 0 Å². The molecule has 3 atom stereocenters. The summed E-state index contributed by atoms with van der Waals surface area (Å²) in [6, 6.07) is 15.7. The molecule has 0 radical (unpaired) electrons. The molecule has 2 aliphatic heterocycles. The normalized spacial score (nSPS) is 20.8. The molecule has 11 nitrogen and oxygen atoms in total. The molecule has 3 heterocycles. The van der Waals surface area contributed by atoms with Gasteiger partial charge in [-0.25, -0.2) is 4.79 Å². The van der Waals surface area contributed by atoms with Gasteiger partial charge in [-0.3, -0.25) is 19.5 Å². The lowest BCUT2D eigenvalue weighted by atomic mass is 10.1. The first-order chi connectivity index (χ1) is 16.5. The third-order valence-corrected chi connectivity index (χ3v) is 5.49. The van der Waals surface area contributed by atoms with Crippen LogP contribution < -0.4 is 10.2 Å². The largest absolute Gasteiger partial charge is 0.459 e. The number of fused-ring (bicyclic) bond motifs is 4. The molecule has 0 spiro atoms. The number of carbonyl (C=O) groups excluding carboxylic acids is 2. The van der Waals surface area contributed by atoms with Gasteiger partial charge in [0.15, 0.2) is 5.49 Å². The number of rotatable bonds is 5. The van der Waals surface area contributed by atoms with Crippen molar-refractivity contribution in [3.63, 3.8) is 0 Å². The Balaban J connectivity index is 1.25. The molecule has 172 valence electrons. The number of hydrogen-bond donors (Lipinski definition) is 0. The highest BCUT2D eigenvalue weighted by atomic mass is 16.6. The van der Waals surface area contributed by atoms with Gasteiger partial charge in [0.1, 0.15) is 25.0 Å². The van der Waals surface area contributed by atoms with Crippen molar-refractivity contribution in [3.8, 4) is 6.01 Å². The second kappa shape index (κ2) is 8.87. The first-order valence-corrected chi connectivity index (χ1v) is 10.4. The molecule has 34 heavy (non-hydrogen) atoms. The first-order valence-electron chi connectivity index (χ1n) is 10.4. The Bertz CT molecular complexity index is 1320. The average Bonchev–Trinajstić information content (AvgIpc) is 3.19. The maximum Gasteiger partial charge on any atom is 0.338 e. The van der Waals surface area contributed by atoms with Crippen LogP contribution in [0.1, 0.15) is 33.4 Å². The summed E-state index contributed by atoms with van der Waals surface area (Å²) in [4.78, 5) is 43.2. The number of hydrogen-bond acceptors (Lipinski definition) is 8. The van der Waals surface area contributed by atoms with E-state index < -0.39 is 29.0 Å². The molecular formula is C23H18N4O7. The molecule has 0 saturated carbocycles. The number of carbonyl (C=O) groups is 2. The number of esters is 1. The van der Waals surface area contributed by atoms with E-state index in [0.29, 0.717) is 12.0 Å². The van der Waals surface area contributed by atoms with E-state index in [-0.39, 0.29) is 35.6 Å². The van der Waals surface area contributed by atoms with Gasteiger partial charge in [0.25, 0.3) is 11.6 Å². The van der Waals surface area contributed by atoms with Crippen molar-refractivity contribution in [3.05, 3.63) is 93.6 Å². The van der Waals surface area contributed by atoms with E-state index in [1.165, 1.54) is 24.3 Å². The maximum absolute atomic E-state index is 12.3. The standard InChI is InChI=1S/C23H18N4O7/c28-21(14-4-2-1-3-5-14)24-19-10-11-26-20-12-17(34-23(26)25-19)18(33-20)13-32-22(29)15-6-8-16(9-7-15)27(30)31/h1-11,17-18,20H,12-13H2/t17-,18-,20-/m1/s1. The highest BCUT2D eigenvalue weighted by Gasteiger charge is 2.43. The molecule has 0 N–H and O–H groups in total. The van der Waals surface area contributed by atoms with Crippen LogP contribution in [-0.2, 0) is 9.47 Å². The van der Waals surface area contributed by atoms with Gasteiger partial charge in [0.2, 0.25) is 0 Å². The van der Waals surface area contributed by atoms with Gasteiger partial charge in [-0.15, -0.1) is 0 Å². The number of nitrogens with zero attached hydrogens (tertiary/aromatic N) is 4. The Kier molecular flexibility index (Phi) is 5.60. The van der Waals surface area contributed by atoms with Gasteiger partial charge in [-0.1, -0.05) is 18.2 Å². The number of ether oxygens (including phenoxy) is 3. The number of nitro benzene ring substituents is 1. The summed E-state index contributed by atoms with van der Waals surface area (Å²) in [5.41, 5.74) is 0.745. The molecule has 1 amide bonds. The minimum atomic E-state index is -0.622. The molecule has 1 fully saturated rings. The summed E-state index contributed by atoms with van der Waals surface area (Å²) in [7, 11) is 0. The van der Waals surface area contributed by atoms with Crippen LogP contribution in [0.15, 0.2) is 71.9 Å². The zero-order valence-corrected chi connectivity index (χ0v) is 17.6. The Morgan fingerprint density at radius 2 is 1.88 bits per heavy atom. The van der Waals surface area contributed by atoms with Crippen molar-refractivity contribution in [2.45, 2.75) is 24.9 Å². The van der Waals surface area contributed by atoms with Gasteiger partial charge >= 0.3 is 12.0 Å². The molecule has 2 aliphatic rings. The zero-order chi connectivity index (χ0) is 23.7. The smallest absolute Gasteiger partial charge is 0.338 e. The monoisotopic (exact) mass is 462 g/mol. The molecule has 1 saturated heterocycles. The van der Waals surface area contributed by atoms with Crippen LogP contribution in [-0.4, -0.2) is 45.2 Å². The summed E-state index contributed by atoms with van der Waals surface area (Å²) in [5.74, 6) is -1.03. The minimum absolute atomic E-state index is 0.0603. The van der Waals surface area contributed by atoms with E-state index in [1.807, 2.05) is 6.07 Å². The van der Waals surface area contributed by atoms with Gasteiger partial charge in [0, 0.05) is 30.3 Å². The number of aromatic nitrogens is 2. The summed E-state index contributed by atoms with van der Waals surface area (Å²) in [5, 5.41) is 10.7. The molecule has 2 bridgehead atoms. The number of non-ortho nitro benzene ring substituents is 1. The quantitative estimate of drug-likeness (QED) is 0.320. The van der Waals surface area contributed by atoms with Crippen molar-refractivity contribution in [1.82, 2.24) is 9.55 Å². The van der Waals surface area contributed by atoms with E-state index in [4.69, 9.17) is 14.2 Å². The highest BCUT2D eigenvalue weighted by Crippen LogP contribution is 2.37. The lowest BCUT2D eigenvalue weighted by Gasteiger charge is -2.23. The Morgan fingerprint density at radius 3 is 2.62 bits per heavy atom. The fourth-order valence-electron chi connectivity index (χ4n) is 3.76. The Hall–Kier alpha value is -4.38. The number of nitro groups is 1. The molecule has 11 heteroatoms. The average molecular weight is 462 g/mol. The second-order valence-electron chi connectivity index (χ2n) is 7.68. The van der Waals surface area contributed by atoms with Crippen LogP contribution in [0.5, 0.6) is 6.01 Å². The third-order valence-electron chi connectivity index (χ3n) is 5.49. The number of amides is 1. The zero-order valence-electron chi connectivity index (χ0n) is 17.6. The van der Waals surface area contributed by atoms with E-state index in [9.17, 15) is 19.7 Å². The Morgan fingerprint density at radius 1 is 1.12 bits per heavy atom. The van der Waals surface area contributed by atoms with E-state index >= 15 is 0 Å². The van der Waals surface area contributed by atoms with E-state index in [0.717, 1.165) is 0 Å². The molecule has 3 aromatic rings. The van der Waals surface area contributed by atoms with E-state index in [2.05, 4.69) is 9.98 Å². The fraction of sp³-hybridized carbons (Fsp3) is 0.217. The van der Waals surface area contributed by atoms with Crippen molar-refractivity contribution < 1.29 is 28.7 Å².